The SMILES string of the molecule is O=C(O)C1C2CCCC2CN1C(=O)c1cc(Br)cc(Br)c1. The predicted molar refractivity (Wildman–Crippen MR) is 85.1 cm³/mol. The largest absolute Gasteiger partial charge is 0.480 e. The van der Waals surface area contributed by atoms with Gasteiger partial charge in [-0.25, -0.2) is 4.79 Å². The van der Waals surface area contributed by atoms with E-state index in [9.17, 15) is 14.7 Å². The first-order valence-corrected chi connectivity index (χ1v) is 8.56. The topological polar surface area (TPSA) is 57.6 Å². The molecule has 4 nitrogen and oxygen atoms in total. The summed E-state index contributed by atoms with van der Waals surface area (Å²) in [5.74, 6) is -0.627. The monoisotopic (exact) mass is 415 g/mol. The molecule has 0 spiro atoms. The van der Waals surface area contributed by atoms with Crippen LogP contribution in [0.25, 0.3) is 0 Å². The van der Waals surface area contributed by atoms with E-state index in [2.05, 4.69) is 31.9 Å². The summed E-state index contributed by atoms with van der Waals surface area (Å²) in [5, 5.41) is 9.52. The van der Waals surface area contributed by atoms with E-state index in [-0.39, 0.29) is 11.8 Å². The van der Waals surface area contributed by atoms with E-state index in [1.54, 1.807) is 17.0 Å². The Hall–Kier alpha value is -0.880. The molecule has 1 aliphatic heterocycles. The number of benzene rings is 1. The number of hydrogen-bond acceptors (Lipinski definition) is 2. The standard InChI is InChI=1S/C15H15Br2NO3/c16-10-4-9(5-11(17)6-10)14(19)18-7-8-2-1-3-12(8)13(18)15(20)21/h4-6,8,12-13H,1-3,7H2,(H,20,21). The number of carbonyl (C=O) groups excluding carboxylic acids is 1. The van der Waals surface area contributed by atoms with Crippen LogP contribution in [-0.2, 0) is 4.79 Å². The van der Waals surface area contributed by atoms with Crippen LogP contribution >= 0.6 is 31.9 Å². The Labute approximate surface area is 139 Å². The van der Waals surface area contributed by atoms with Gasteiger partial charge in [0.15, 0.2) is 0 Å². The molecule has 1 saturated carbocycles. The van der Waals surface area contributed by atoms with Crippen LogP contribution in [-0.4, -0.2) is 34.5 Å². The molecule has 1 amide bonds. The zero-order valence-electron chi connectivity index (χ0n) is 11.3. The zero-order valence-corrected chi connectivity index (χ0v) is 14.4. The summed E-state index contributed by atoms with van der Waals surface area (Å²) in [6, 6.07) is 4.65. The molecule has 0 aromatic heterocycles. The Bertz CT molecular complexity index is 584. The van der Waals surface area contributed by atoms with E-state index in [0.717, 1.165) is 28.2 Å². The van der Waals surface area contributed by atoms with Crippen molar-refractivity contribution in [2.24, 2.45) is 11.8 Å². The fourth-order valence-electron chi connectivity index (χ4n) is 3.67. The van der Waals surface area contributed by atoms with Gasteiger partial charge in [0.1, 0.15) is 6.04 Å². The van der Waals surface area contributed by atoms with E-state index in [1.165, 1.54) is 0 Å². The van der Waals surface area contributed by atoms with Gasteiger partial charge in [0.05, 0.1) is 0 Å². The van der Waals surface area contributed by atoms with Gasteiger partial charge in [-0.05, 0) is 42.9 Å². The van der Waals surface area contributed by atoms with Crippen molar-refractivity contribution in [3.05, 3.63) is 32.7 Å². The molecule has 0 radical (unpaired) electrons. The van der Waals surface area contributed by atoms with E-state index in [0.29, 0.717) is 18.0 Å². The summed E-state index contributed by atoms with van der Waals surface area (Å²) >= 11 is 6.73. The first-order chi connectivity index (χ1) is 9.97. The molecular weight excluding hydrogens is 402 g/mol. The molecule has 1 N–H and O–H groups in total. The fraction of sp³-hybridized carbons (Fsp3) is 0.467. The Balaban J connectivity index is 1.91. The third-order valence-corrected chi connectivity index (χ3v) is 5.43. The van der Waals surface area contributed by atoms with Gasteiger partial charge in [0.2, 0.25) is 0 Å². The number of nitrogens with zero attached hydrogens (tertiary/aromatic N) is 1. The van der Waals surface area contributed by atoms with Crippen molar-refractivity contribution in [1.82, 2.24) is 4.90 Å². The van der Waals surface area contributed by atoms with Crippen molar-refractivity contribution in [2.45, 2.75) is 25.3 Å². The average molecular weight is 417 g/mol. The Morgan fingerprint density at radius 2 is 1.81 bits per heavy atom. The third-order valence-electron chi connectivity index (χ3n) is 4.51. The van der Waals surface area contributed by atoms with E-state index >= 15 is 0 Å². The summed E-state index contributed by atoms with van der Waals surface area (Å²) in [6.45, 7) is 0.560. The number of carboxylic acid groups (broad SMARTS) is 1. The molecule has 1 aliphatic carbocycles. The van der Waals surface area contributed by atoms with E-state index in [1.807, 2.05) is 6.07 Å². The van der Waals surface area contributed by atoms with Crippen LogP contribution in [0.2, 0.25) is 0 Å². The van der Waals surface area contributed by atoms with Gasteiger partial charge in [-0.1, -0.05) is 38.3 Å². The number of hydrogen-bond donors (Lipinski definition) is 1. The number of fused-ring (bicyclic) bond motifs is 1. The molecule has 3 atom stereocenters. The number of amides is 1. The van der Waals surface area contributed by atoms with Crippen molar-refractivity contribution in [2.75, 3.05) is 6.54 Å². The highest BCUT2D eigenvalue weighted by atomic mass is 79.9. The van der Waals surface area contributed by atoms with Gasteiger partial charge < -0.3 is 10.0 Å². The molecule has 3 unspecified atom stereocenters. The second-order valence-electron chi connectivity index (χ2n) is 5.75. The average Bonchev–Trinajstić information content (AvgIpc) is 2.95. The van der Waals surface area contributed by atoms with Gasteiger partial charge in [-0.15, -0.1) is 0 Å². The zero-order chi connectivity index (χ0) is 15.1. The van der Waals surface area contributed by atoms with Crippen LogP contribution in [0.3, 0.4) is 0 Å². The van der Waals surface area contributed by atoms with Crippen LogP contribution in [0.5, 0.6) is 0 Å². The van der Waals surface area contributed by atoms with Crippen LogP contribution in [0.15, 0.2) is 27.1 Å². The van der Waals surface area contributed by atoms with Gasteiger partial charge in [0.25, 0.3) is 5.91 Å². The molecular formula is C15H15Br2NO3. The van der Waals surface area contributed by atoms with Crippen LogP contribution in [0, 0.1) is 11.8 Å². The quantitative estimate of drug-likeness (QED) is 0.802. The smallest absolute Gasteiger partial charge is 0.326 e. The summed E-state index contributed by atoms with van der Waals surface area (Å²) < 4.78 is 1.60. The number of aliphatic carboxylic acids is 1. The lowest BCUT2D eigenvalue weighted by atomic mass is 9.94. The number of rotatable bonds is 2. The molecule has 21 heavy (non-hydrogen) atoms. The highest BCUT2D eigenvalue weighted by Gasteiger charge is 2.49. The van der Waals surface area contributed by atoms with Gasteiger partial charge >= 0.3 is 5.97 Å². The number of likely N-dealkylation sites (tertiary alicyclic amines) is 1. The molecule has 1 aromatic rings. The van der Waals surface area contributed by atoms with Gasteiger partial charge in [-0.2, -0.15) is 0 Å². The second kappa shape index (κ2) is 5.72. The number of halogens is 2. The molecule has 2 aliphatic rings. The molecule has 0 bridgehead atoms. The minimum Gasteiger partial charge on any atom is -0.480 e. The van der Waals surface area contributed by atoms with E-state index in [4.69, 9.17) is 0 Å². The molecule has 1 saturated heterocycles. The number of carboxylic acids is 1. The maximum atomic E-state index is 12.7. The van der Waals surface area contributed by atoms with Crippen molar-refractivity contribution < 1.29 is 14.7 Å². The number of carbonyl (C=O) groups is 2. The lowest BCUT2D eigenvalue weighted by molar-refractivity contribution is -0.142. The molecule has 6 heteroatoms. The van der Waals surface area contributed by atoms with Crippen LogP contribution in [0.1, 0.15) is 29.6 Å². The fourth-order valence-corrected chi connectivity index (χ4v) is 4.97. The first kappa shape index (κ1) is 15.0. The predicted octanol–water partition coefficient (Wildman–Crippen LogP) is 3.54. The van der Waals surface area contributed by atoms with Gasteiger partial charge in [0, 0.05) is 21.1 Å². The van der Waals surface area contributed by atoms with Crippen molar-refractivity contribution in [3.63, 3.8) is 0 Å². The summed E-state index contributed by atoms with van der Waals surface area (Å²) in [7, 11) is 0. The normalized spacial score (nSPS) is 27.7. The molecule has 3 rings (SSSR count). The van der Waals surface area contributed by atoms with Crippen LogP contribution in [0.4, 0.5) is 0 Å². The maximum Gasteiger partial charge on any atom is 0.326 e. The van der Waals surface area contributed by atoms with E-state index < -0.39 is 12.0 Å². The highest BCUT2D eigenvalue weighted by Crippen LogP contribution is 2.42. The molecule has 1 aromatic carbocycles. The molecule has 1 heterocycles. The summed E-state index contributed by atoms with van der Waals surface area (Å²) in [6.07, 6.45) is 3.01. The van der Waals surface area contributed by atoms with Crippen LogP contribution < -0.4 is 0 Å². The van der Waals surface area contributed by atoms with Gasteiger partial charge in [-0.3, -0.25) is 4.79 Å². The second-order valence-corrected chi connectivity index (χ2v) is 7.58. The van der Waals surface area contributed by atoms with Crippen molar-refractivity contribution >= 4 is 43.7 Å². The minimum atomic E-state index is -0.883. The molecule has 112 valence electrons. The Morgan fingerprint density at radius 3 is 2.43 bits per heavy atom. The maximum absolute atomic E-state index is 12.7. The Kier molecular flexibility index (Phi) is 4.10. The van der Waals surface area contributed by atoms with Crippen molar-refractivity contribution in [3.8, 4) is 0 Å². The lowest BCUT2D eigenvalue weighted by Gasteiger charge is -2.24. The first-order valence-electron chi connectivity index (χ1n) is 6.97. The summed E-state index contributed by atoms with van der Waals surface area (Å²) in [5.41, 5.74) is 0.516. The minimum absolute atomic E-state index is 0.113. The van der Waals surface area contributed by atoms with Crippen molar-refractivity contribution in [1.29, 1.82) is 0 Å². The summed E-state index contributed by atoms with van der Waals surface area (Å²) in [4.78, 5) is 25.9. The highest BCUT2D eigenvalue weighted by molar-refractivity contribution is 9.11. The lowest BCUT2D eigenvalue weighted by Crippen LogP contribution is -2.43. The third kappa shape index (κ3) is 2.75. The Morgan fingerprint density at radius 1 is 1.14 bits per heavy atom. The molecule has 2 fully saturated rings.